The van der Waals surface area contributed by atoms with Gasteiger partial charge in [0.15, 0.2) is 0 Å². The predicted molar refractivity (Wildman–Crippen MR) is 111 cm³/mol. The molecule has 1 fully saturated rings. The van der Waals surface area contributed by atoms with E-state index in [1.807, 2.05) is 38.4 Å². The van der Waals surface area contributed by atoms with Crippen LogP contribution in [0.3, 0.4) is 0 Å². The van der Waals surface area contributed by atoms with Crippen LogP contribution in [0.2, 0.25) is 0 Å². The summed E-state index contributed by atoms with van der Waals surface area (Å²) in [6.07, 6.45) is 2.57. The molecule has 1 N–H and O–H groups in total. The minimum Gasteiger partial charge on any atom is -0.368 e. The Morgan fingerprint density at radius 2 is 1.86 bits per heavy atom. The van der Waals surface area contributed by atoms with E-state index in [2.05, 4.69) is 25.0 Å². The van der Waals surface area contributed by atoms with Crippen LogP contribution in [-0.2, 0) is 0 Å². The van der Waals surface area contributed by atoms with E-state index in [4.69, 9.17) is 0 Å². The minimum absolute atomic E-state index is 0.148. The number of para-hydroxylation sites is 1. The molecule has 7 heteroatoms. The van der Waals surface area contributed by atoms with Crippen LogP contribution in [-0.4, -0.2) is 69.2 Å². The highest BCUT2D eigenvalue weighted by Crippen LogP contribution is 2.23. The van der Waals surface area contributed by atoms with Gasteiger partial charge in [-0.05, 0) is 51.3 Å². The van der Waals surface area contributed by atoms with Crippen molar-refractivity contribution in [2.75, 3.05) is 63.2 Å². The Hall–Kier alpha value is -2.67. The maximum absolute atomic E-state index is 14.0. The van der Waals surface area contributed by atoms with Gasteiger partial charge in [0.05, 0.1) is 5.69 Å². The molecule has 0 radical (unpaired) electrons. The smallest absolute Gasteiger partial charge is 0.269 e. The van der Waals surface area contributed by atoms with Gasteiger partial charge in [0.25, 0.3) is 5.91 Å². The van der Waals surface area contributed by atoms with Crippen molar-refractivity contribution < 1.29 is 9.18 Å². The Morgan fingerprint density at radius 1 is 1.14 bits per heavy atom. The highest BCUT2D eigenvalue weighted by atomic mass is 19.1. The van der Waals surface area contributed by atoms with E-state index >= 15 is 0 Å². The van der Waals surface area contributed by atoms with Gasteiger partial charge in [-0.1, -0.05) is 12.1 Å². The monoisotopic (exact) mass is 385 g/mol. The van der Waals surface area contributed by atoms with E-state index in [0.717, 1.165) is 44.8 Å². The van der Waals surface area contributed by atoms with Crippen LogP contribution in [0.1, 0.15) is 16.9 Å². The fourth-order valence-corrected chi connectivity index (χ4v) is 3.34. The zero-order chi connectivity index (χ0) is 19.9. The lowest BCUT2D eigenvalue weighted by Crippen LogP contribution is -2.46. The molecule has 2 aromatic rings. The number of anilines is 2. The predicted octanol–water partition coefficient (Wildman–Crippen LogP) is 2.23. The first-order valence-corrected chi connectivity index (χ1v) is 9.68. The van der Waals surface area contributed by atoms with Gasteiger partial charge in [0.2, 0.25) is 0 Å². The number of carbonyl (C=O) groups excluding carboxylic acids is 1. The average Bonchev–Trinajstić information content (AvgIpc) is 2.71. The van der Waals surface area contributed by atoms with Gasteiger partial charge >= 0.3 is 0 Å². The van der Waals surface area contributed by atoms with Crippen LogP contribution in [0.4, 0.5) is 15.8 Å². The van der Waals surface area contributed by atoms with Gasteiger partial charge in [0.1, 0.15) is 11.5 Å². The van der Waals surface area contributed by atoms with Gasteiger partial charge in [-0.15, -0.1) is 0 Å². The molecule has 0 spiro atoms. The third-order valence-corrected chi connectivity index (χ3v) is 4.88. The third-order valence-electron chi connectivity index (χ3n) is 4.88. The molecule has 2 heterocycles. The molecule has 0 bridgehead atoms. The van der Waals surface area contributed by atoms with Crippen LogP contribution >= 0.6 is 0 Å². The van der Waals surface area contributed by atoms with Crippen LogP contribution in [0.15, 0.2) is 42.6 Å². The van der Waals surface area contributed by atoms with E-state index in [0.29, 0.717) is 17.9 Å². The summed E-state index contributed by atoms with van der Waals surface area (Å²) in [6, 6.07) is 10.6. The maximum atomic E-state index is 14.0. The van der Waals surface area contributed by atoms with Crippen LogP contribution in [0.25, 0.3) is 0 Å². The number of hydrogen-bond donors (Lipinski definition) is 1. The number of benzene rings is 1. The second kappa shape index (κ2) is 9.50. The second-order valence-electron chi connectivity index (χ2n) is 7.24. The van der Waals surface area contributed by atoms with Crippen molar-refractivity contribution in [2.24, 2.45) is 0 Å². The molecule has 0 atom stereocenters. The number of carbonyl (C=O) groups is 1. The number of amides is 1. The molecular weight excluding hydrogens is 357 g/mol. The lowest BCUT2D eigenvalue weighted by molar-refractivity contribution is 0.0947. The summed E-state index contributed by atoms with van der Waals surface area (Å²) in [7, 11) is 4.03. The van der Waals surface area contributed by atoms with E-state index in [9.17, 15) is 9.18 Å². The zero-order valence-electron chi connectivity index (χ0n) is 16.6. The lowest BCUT2D eigenvalue weighted by Gasteiger charge is -2.37. The highest BCUT2D eigenvalue weighted by molar-refractivity contribution is 5.93. The fourth-order valence-electron chi connectivity index (χ4n) is 3.34. The molecule has 1 aromatic heterocycles. The minimum atomic E-state index is -0.187. The topological polar surface area (TPSA) is 51.7 Å². The van der Waals surface area contributed by atoms with Crippen molar-refractivity contribution in [2.45, 2.75) is 6.42 Å². The summed E-state index contributed by atoms with van der Waals surface area (Å²) in [4.78, 5) is 22.9. The quantitative estimate of drug-likeness (QED) is 0.741. The van der Waals surface area contributed by atoms with Crippen molar-refractivity contribution in [3.05, 3.63) is 54.1 Å². The van der Waals surface area contributed by atoms with Gasteiger partial charge < -0.3 is 20.0 Å². The molecule has 1 aromatic carbocycles. The molecule has 0 saturated carbocycles. The van der Waals surface area contributed by atoms with Crippen molar-refractivity contribution in [3.8, 4) is 0 Å². The maximum Gasteiger partial charge on any atom is 0.269 e. The van der Waals surface area contributed by atoms with Gasteiger partial charge in [-0.3, -0.25) is 9.78 Å². The Labute approximate surface area is 166 Å². The van der Waals surface area contributed by atoms with Crippen LogP contribution in [0, 0.1) is 5.82 Å². The Bertz CT molecular complexity index is 790. The van der Waals surface area contributed by atoms with Crippen molar-refractivity contribution in [3.63, 3.8) is 0 Å². The Morgan fingerprint density at radius 3 is 2.57 bits per heavy atom. The zero-order valence-corrected chi connectivity index (χ0v) is 16.6. The van der Waals surface area contributed by atoms with Crippen molar-refractivity contribution >= 4 is 17.3 Å². The normalized spacial score (nSPS) is 14.4. The number of aromatic nitrogens is 1. The molecule has 28 heavy (non-hydrogen) atoms. The standard InChI is InChI=1S/C21H28FN5O/c1-25(2)11-5-9-24-21(28)19-16-17(8-10-23-19)26-12-14-27(15-13-26)20-7-4-3-6-18(20)22/h3-4,6-8,10,16H,5,9,11-15H2,1-2H3,(H,24,28). The number of piperazine rings is 1. The lowest BCUT2D eigenvalue weighted by atomic mass is 10.2. The molecule has 0 unspecified atom stereocenters. The third kappa shape index (κ3) is 5.19. The molecule has 6 nitrogen and oxygen atoms in total. The average molecular weight is 385 g/mol. The van der Waals surface area contributed by atoms with Gasteiger partial charge in [-0.25, -0.2) is 4.39 Å². The van der Waals surface area contributed by atoms with E-state index in [1.165, 1.54) is 6.07 Å². The second-order valence-corrected chi connectivity index (χ2v) is 7.24. The number of nitrogens with one attached hydrogen (secondary N) is 1. The first kappa shape index (κ1) is 20.1. The number of halogens is 1. The van der Waals surface area contributed by atoms with Crippen molar-refractivity contribution in [1.29, 1.82) is 0 Å². The number of nitrogens with zero attached hydrogens (tertiary/aromatic N) is 4. The van der Waals surface area contributed by atoms with Crippen LogP contribution < -0.4 is 15.1 Å². The Kier molecular flexibility index (Phi) is 6.81. The number of rotatable bonds is 7. The molecule has 3 rings (SSSR count). The van der Waals surface area contributed by atoms with Gasteiger partial charge in [0, 0.05) is 44.6 Å². The SMILES string of the molecule is CN(C)CCCNC(=O)c1cc(N2CCN(c3ccccc3F)CC2)ccn1. The Balaban J connectivity index is 1.56. The van der Waals surface area contributed by atoms with E-state index in [1.54, 1.807) is 12.3 Å². The number of pyridine rings is 1. The fraction of sp³-hybridized carbons (Fsp3) is 0.429. The van der Waals surface area contributed by atoms with E-state index < -0.39 is 0 Å². The summed E-state index contributed by atoms with van der Waals surface area (Å²) < 4.78 is 14.0. The highest BCUT2D eigenvalue weighted by Gasteiger charge is 2.20. The summed E-state index contributed by atoms with van der Waals surface area (Å²) in [5, 5.41) is 2.92. The molecular formula is C21H28FN5O. The molecule has 1 aliphatic rings. The molecule has 1 aliphatic heterocycles. The van der Waals surface area contributed by atoms with E-state index in [-0.39, 0.29) is 11.7 Å². The first-order valence-electron chi connectivity index (χ1n) is 9.68. The van der Waals surface area contributed by atoms with Crippen LogP contribution in [0.5, 0.6) is 0 Å². The molecule has 1 amide bonds. The van der Waals surface area contributed by atoms with Gasteiger partial charge in [-0.2, -0.15) is 0 Å². The number of hydrogen-bond acceptors (Lipinski definition) is 5. The summed E-state index contributed by atoms with van der Waals surface area (Å²) in [5.41, 5.74) is 2.05. The molecule has 150 valence electrons. The van der Waals surface area contributed by atoms with Crippen molar-refractivity contribution in [1.82, 2.24) is 15.2 Å². The molecule has 0 aliphatic carbocycles. The largest absolute Gasteiger partial charge is 0.368 e. The summed E-state index contributed by atoms with van der Waals surface area (Å²) in [6.45, 7) is 4.55. The summed E-state index contributed by atoms with van der Waals surface area (Å²) >= 11 is 0. The molecule has 1 saturated heterocycles. The first-order chi connectivity index (χ1) is 13.5. The summed E-state index contributed by atoms with van der Waals surface area (Å²) in [5.74, 6) is -0.335.